The van der Waals surface area contributed by atoms with Gasteiger partial charge in [0.05, 0.1) is 11.4 Å². The number of sulfonamides is 1. The van der Waals surface area contributed by atoms with Crippen LogP contribution in [0.1, 0.15) is 30.1 Å². The number of Topliss-reactive ketones (excluding diaryl/α,β-unsaturated/α-hetero) is 1. The number of fused-ring (bicyclic) bond motifs is 1. The van der Waals surface area contributed by atoms with Crippen LogP contribution < -0.4 is 5.32 Å². The molecule has 0 saturated carbocycles. The summed E-state index contributed by atoms with van der Waals surface area (Å²) in [4.78, 5) is 17.5. The summed E-state index contributed by atoms with van der Waals surface area (Å²) < 4.78 is 33.4. The summed E-state index contributed by atoms with van der Waals surface area (Å²) in [5.74, 6) is 0.886. The first-order valence-electron chi connectivity index (χ1n) is 11.7. The molecular formula is C27H27N3O4S. The quantitative estimate of drug-likeness (QED) is 0.358. The predicted octanol–water partition coefficient (Wildman–Crippen LogP) is 5.21. The Balaban J connectivity index is 1.24. The zero-order valence-corrected chi connectivity index (χ0v) is 20.3. The van der Waals surface area contributed by atoms with E-state index in [1.54, 1.807) is 18.2 Å². The number of benzene rings is 3. The van der Waals surface area contributed by atoms with Crippen LogP contribution in [-0.4, -0.2) is 43.1 Å². The lowest BCUT2D eigenvalue weighted by Gasteiger charge is -2.29. The van der Waals surface area contributed by atoms with Gasteiger partial charge in [0.15, 0.2) is 11.4 Å². The Bertz CT molecular complexity index is 1420. The smallest absolute Gasteiger partial charge is 0.243 e. The molecule has 3 aromatic carbocycles. The van der Waals surface area contributed by atoms with Crippen LogP contribution in [-0.2, 0) is 10.0 Å². The van der Waals surface area contributed by atoms with Gasteiger partial charge in [-0.05, 0) is 67.3 Å². The van der Waals surface area contributed by atoms with Gasteiger partial charge < -0.3 is 9.73 Å². The summed E-state index contributed by atoms with van der Waals surface area (Å²) in [5, 5.41) is 3.11. The number of piperidine rings is 1. The maximum absolute atomic E-state index is 13.0. The molecule has 0 spiro atoms. The third-order valence-electron chi connectivity index (χ3n) is 6.42. The van der Waals surface area contributed by atoms with Crippen LogP contribution in [0.2, 0.25) is 0 Å². The van der Waals surface area contributed by atoms with Gasteiger partial charge >= 0.3 is 0 Å². The highest BCUT2D eigenvalue weighted by atomic mass is 32.2. The number of aromatic nitrogens is 1. The average molecular weight is 490 g/mol. The molecule has 8 heteroatoms. The summed E-state index contributed by atoms with van der Waals surface area (Å²) in [6.45, 7) is 3.22. The number of nitrogens with zero attached hydrogens (tertiary/aromatic N) is 2. The van der Waals surface area contributed by atoms with Gasteiger partial charge in [-0.2, -0.15) is 4.31 Å². The maximum Gasteiger partial charge on any atom is 0.243 e. The minimum absolute atomic E-state index is 0.0486. The Labute approximate surface area is 204 Å². The molecule has 1 aliphatic heterocycles. The normalized spacial score (nSPS) is 15.3. The average Bonchev–Trinajstić information content (AvgIpc) is 3.32. The molecule has 180 valence electrons. The van der Waals surface area contributed by atoms with E-state index >= 15 is 0 Å². The van der Waals surface area contributed by atoms with Crippen LogP contribution in [0.3, 0.4) is 0 Å². The van der Waals surface area contributed by atoms with Crippen molar-refractivity contribution in [2.24, 2.45) is 5.92 Å². The molecule has 4 aromatic rings. The van der Waals surface area contributed by atoms with Crippen molar-refractivity contribution in [2.45, 2.75) is 24.7 Å². The van der Waals surface area contributed by atoms with Gasteiger partial charge in [-0.3, -0.25) is 4.79 Å². The second kappa shape index (κ2) is 9.64. The summed E-state index contributed by atoms with van der Waals surface area (Å²) in [7, 11) is -3.60. The van der Waals surface area contributed by atoms with E-state index in [1.165, 1.54) is 10.4 Å². The fourth-order valence-electron chi connectivity index (χ4n) is 4.22. The molecule has 1 saturated heterocycles. The molecule has 0 unspecified atom stereocenters. The fourth-order valence-corrected chi connectivity index (χ4v) is 5.73. The van der Waals surface area contributed by atoms with Gasteiger partial charge in [0.1, 0.15) is 5.52 Å². The summed E-state index contributed by atoms with van der Waals surface area (Å²) in [6.07, 6.45) is 1.71. The number of rotatable bonds is 7. The van der Waals surface area contributed by atoms with Gasteiger partial charge in [-0.15, -0.1) is 0 Å². The fraction of sp³-hybridized carbons (Fsp3) is 0.259. The maximum atomic E-state index is 13.0. The van der Waals surface area contributed by atoms with E-state index in [1.807, 2.05) is 48.5 Å². The van der Waals surface area contributed by atoms with Gasteiger partial charge in [0, 0.05) is 29.9 Å². The number of hydrogen-bond acceptors (Lipinski definition) is 6. The van der Waals surface area contributed by atoms with Crippen molar-refractivity contribution in [3.63, 3.8) is 0 Å². The number of carbonyl (C=O) groups excluding carboxylic acids is 1. The van der Waals surface area contributed by atoms with Crippen molar-refractivity contribution in [2.75, 3.05) is 25.0 Å². The second-order valence-corrected chi connectivity index (χ2v) is 10.9. The first kappa shape index (κ1) is 23.3. The number of para-hydroxylation sites is 2. The van der Waals surface area contributed by atoms with Gasteiger partial charge in [-0.1, -0.05) is 31.2 Å². The molecule has 35 heavy (non-hydrogen) atoms. The lowest BCUT2D eigenvalue weighted by molar-refractivity contribution is 0.101. The molecule has 1 aliphatic rings. The van der Waals surface area contributed by atoms with Crippen LogP contribution in [0.4, 0.5) is 5.69 Å². The van der Waals surface area contributed by atoms with Crippen molar-refractivity contribution >= 4 is 32.6 Å². The first-order chi connectivity index (χ1) is 16.9. The van der Waals surface area contributed by atoms with Gasteiger partial charge in [0.25, 0.3) is 0 Å². The van der Waals surface area contributed by atoms with E-state index < -0.39 is 10.0 Å². The van der Waals surface area contributed by atoms with Crippen molar-refractivity contribution in [3.05, 3.63) is 78.4 Å². The van der Waals surface area contributed by atoms with E-state index in [0.29, 0.717) is 30.5 Å². The Morgan fingerprint density at radius 2 is 1.77 bits per heavy atom. The van der Waals surface area contributed by atoms with Gasteiger partial charge in [0.2, 0.25) is 15.9 Å². The van der Waals surface area contributed by atoms with Crippen LogP contribution in [0, 0.1) is 5.92 Å². The molecule has 0 bridgehead atoms. The minimum atomic E-state index is -3.60. The topological polar surface area (TPSA) is 92.5 Å². The van der Waals surface area contributed by atoms with Crippen molar-refractivity contribution in [1.82, 2.24) is 9.29 Å². The SMILES string of the molecule is CC1CCN(S(=O)(=O)c2cccc(C(=O)CNc3ccc(-c4nc5ccccc5o4)cc3)c2)CC1. The molecule has 5 rings (SSSR count). The number of oxazole rings is 1. The summed E-state index contributed by atoms with van der Waals surface area (Å²) in [5.41, 5.74) is 3.50. The Kier molecular flexibility index (Phi) is 6.40. The molecule has 0 aliphatic carbocycles. The third kappa shape index (κ3) is 4.99. The number of carbonyl (C=O) groups is 1. The highest BCUT2D eigenvalue weighted by Crippen LogP contribution is 2.26. The number of hydrogen-bond donors (Lipinski definition) is 1. The van der Waals surface area contributed by atoms with E-state index in [0.717, 1.165) is 35.2 Å². The van der Waals surface area contributed by atoms with Crippen LogP contribution in [0.25, 0.3) is 22.6 Å². The Morgan fingerprint density at radius 1 is 1.03 bits per heavy atom. The molecule has 7 nitrogen and oxygen atoms in total. The highest BCUT2D eigenvalue weighted by Gasteiger charge is 2.28. The third-order valence-corrected chi connectivity index (χ3v) is 8.31. The number of anilines is 1. The lowest BCUT2D eigenvalue weighted by atomic mass is 10.0. The van der Waals surface area contributed by atoms with Crippen LogP contribution >= 0.6 is 0 Å². The molecular weight excluding hydrogens is 462 g/mol. The van der Waals surface area contributed by atoms with Crippen molar-refractivity contribution < 1.29 is 17.6 Å². The lowest BCUT2D eigenvalue weighted by Crippen LogP contribution is -2.37. The standard InChI is InChI=1S/C27H27N3O4S/c1-19-13-15-30(16-14-19)35(32,33)23-6-4-5-21(17-23)25(31)18-28-22-11-9-20(10-12-22)27-29-24-7-2-3-8-26(24)34-27/h2-12,17,19,28H,13-16,18H2,1H3. The summed E-state index contributed by atoms with van der Waals surface area (Å²) >= 11 is 0. The molecule has 0 atom stereocenters. The zero-order valence-electron chi connectivity index (χ0n) is 19.5. The molecule has 1 aromatic heterocycles. The molecule has 2 heterocycles. The van der Waals surface area contributed by atoms with Crippen LogP contribution in [0.5, 0.6) is 0 Å². The Hall–Kier alpha value is -3.49. The molecule has 0 amide bonds. The zero-order chi connectivity index (χ0) is 24.4. The van der Waals surface area contributed by atoms with E-state index in [9.17, 15) is 13.2 Å². The van der Waals surface area contributed by atoms with E-state index in [2.05, 4.69) is 17.2 Å². The molecule has 1 fully saturated rings. The van der Waals surface area contributed by atoms with Gasteiger partial charge in [-0.25, -0.2) is 13.4 Å². The number of ketones is 1. The number of nitrogens with one attached hydrogen (secondary N) is 1. The first-order valence-corrected chi connectivity index (χ1v) is 13.2. The Morgan fingerprint density at radius 3 is 2.51 bits per heavy atom. The largest absolute Gasteiger partial charge is 0.436 e. The minimum Gasteiger partial charge on any atom is -0.436 e. The van der Waals surface area contributed by atoms with E-state index in [-0.39, 0.29) is 17.2 Å². The molecule has 1 N–H and O–H groups in total. The van der Waals surface area contributed by atoms with Crippen molar-refractivity contribution in [3.8, 4) is 11.5 Å². The predicted molar refractivity (Wildman–Crippen MR) is 136 cm³/mol. The van der Waals surface area contributed by atoms with Crippen molar-refractivity contribution in [1.29, 1.82) is 0 Å². The highest BCUT2D eigenvalue weighted by molar-refractivity contribution is 7.89. The molecule has 0 radical (unpaired) electrons. The second-order valence-electron chi connectivity index (χ2n) is 8.96. The summed E-state index contributed by atoms with van der Waals surface area (Å²) in [6, 6.07) is 21.4. The van der Waals surface area contributed by atoms with Crippen LogP contribution in [0.15, 0.2) is 82.1 Å². The van der Waals surface area contributed by atoms with E-state index in [4.69, 9.17) is 4.42 Å². The monoisotopic (exact) mass is 489 g/mol.